The standard InChI is InChI=1S/C15H31N3O2/c1-5-9-18(14(19)20-15(2,3)4)10-8-17-13-7-6-12(16)11-13/h12-13,17H,5-11,16H2,1-4H3. The van der Waals surface area contributed by atoms with Crippen LogP contribution >= 0.6 is 0 Å². The summed E-state index contributed by atoms with van der Waals surface area (Å²) < 4.78 is 5.43. The molecule has 0 aromatic rings. The normalized spacial score (nSPS) is 22.9. The molecule has 118 valence electrons. The second-order valence-corrected chi connectivity index (χ2v) is 6.69. The molecule has 0 heterocycles. The number of rotatable bonds is 6. The largest absolute Gasteiger partial charge is 0.444 e. The molecule has 0 aromatic carbocycles. The lowest BCUT2D eigenvalue weighted by Gasteiger charge is -2.27. The van der Waals surface area contributed by atoms with Crippen LogP contribution in [0.25, 0.3) is 0 Å². The topological polar surface area (TPSA) is 67.6 Å². The van der Waals surface area contributed by atoms with Gasteiger partial charge in [0, 0.05) is 31.7 Å². The second-order valence-electron chi connectivity index (χ2n) is 6.69. The zero-order chi connectivity index (χ0) is 15.2. The van der Waals surface area contributed by atoms with E-state index in [0.717, 1.165) is 38.8 Å². The van der Waals surface area contributed by atoms with E-state index in [1.165, 1.54) is 0 Å². The van der Waals surface area contributed by atoms with Gasteiger partial charge in [0.1, 0.15) is 5.60 Å². The number of carbonyl (C=O) groups is 1. The van der Waals surface area contributed by atoms with E-state index in [4.69, 9.17) is 10.5 Å². The summed E-state index contributed by atoms with van der Waals surface area (Å²) in [5, 5.41) is 3.49. The predicted octanol–water partition coefficient (Wildman–Crippen LogP) is 2.10. The number of nitrogens with zero attached hydrogens (tertiary/aromatic N) is 1. The average molecular weight is 285 g/mol. The quantitative estimate of drug-likeness (QED) is 0.784. The molecule has 0 spiro atoms. The Balaban J connectivity index is 2.33. The van der Waals surface area contributed by atoms with Gasteiger partial charge in [-0.25, -0.2) is 4.79 Å². The Morgan fingerprint density at radius 2 is 2.05 bits per heavy atom. The average Bonchev–Trinajstić information content (AvgIpc) is 2.71. The lowest BCUT2D eigenvalue weighted by Crippen LogP contribution is -2.42. The second kappa shape index (κ2) is 7.84. The molecule has 20 heavy (non-hydrogen) atoms. The fraction of sp³-hybridized carbons (Fsp3) is 0.933. The Hall–Kier alpha value is -0.810. The summed E-state index contributed by atoms with van der Waals surface area (Å²) in [6.07, 6.45) is 4.00. The first-order chi connectivity index (χ1) is 9.31. The van der Waals surface area contributed by atoms with Crippen LogP contribution in [-0.4, -0.2) is 48.3 Å². The molecule has 0 saturated heterocycles. The first-order valence-corrected chi connectivity index (χ1v) is 7.78. The lowest BCUT2D eigenvalue weighted by atomic mass is 10.2. The minimum absolute atomic E-state index is 0.218. The van der Waals surface area contributed by atoms with E-state index in [1.54, 1.807) is 4.90 Å². The van der Waals surface area contributed by atoms with Crippen LogP contribution < -0.4 is 11.1 Å². The van der Waals surface area contributed by atoms with Crippen LogP contribution in [0.2, 0.25) is 0 Å². The third-order valence-corrected chi connectivity index (χ3v) is 3.43. The molecule has 1 aliphatic rings. The summed E-state index contributed by atoms with van der Waals surface area (Å²) in [7, 11) is 0. The molecule has 0 aromatic heterocycles. The third kappa shape index (κ3) is 6.57. The Bertz CT molecular complexity index is 302. The van der Waals surface area contributed by atoms with Gasteiger partial charge in [-0.05, 0) is 46.5 Å². The highest BCUT2D eigenvalue weighted by Crippen LogP contribution is 2.16. The van der Waals surface area contributed by atoms with Crippen LogP contribution in [0.3, 0.4) is 0 Å². The molecule has 1 aliphatic carbocycles. The van der Waals surface area contributed by atoms with Crippen molar-refractivity contribution in [2.24, 2.45) is 5.73 Å². The Labute approximate surface area is 123 Å². The van der Waals surface area contributed by atoms with Gasteiger partial charge in [-0.2, -0.15) is 0 Å². The van der Waals surface area contributed by atoms with Gasteiger partial charge in [0.15, 0.2) is 0 Å². The Morgan fingerprint density at radius 3 is 2.55 bits per heavy atom. The maximum absolute atomic E-state index is 12.1. The Morgan fingerprint density at radius 1 is 1.35 bits per heavy atom. The molecule has 0 aliphatic heterocycles. The van der Waals surface area contributed by atoms with E-state index in [1.807, 2.05) is 20.8 Å². The van der Waals surface area contributed by atoms with Crippen LogP contribution in [0, 0.1) is 0 Å². The predicted molar refractivity (Wildman–Crippen MR) is 81.7 cm³/mol. The molecule has 0 radical (unpaired) electrons. The molecule has 5 nitrogen and oxygen atoms in total. The number of amides is 1. The SMILES string of the molecule is CCCN(CCNC1CCC(N)C1)C(=O)OC(C)(C)C. The van der Waals surface area contributed by atoms with Crippen LogP contribution in [0.4, 0.5) is 4.79 Å². The first-order valence-electron chi connectivity index (χ1n) is 7.78. The highest BCUT2D eigenvalue weighted by atomic mass is 16.6. The molecule has 1 amide bonds. The maximum Gasteiger partial charge on any atom is 0.410 e. The van der Waals surface area contributed by atoms with Crippen molar-refractivity contribution in [2.45, 2.75) is 71.1 Å². The molecule has 1 fully saturated rings. The summed E-state index contributed by atoms with van der Waals surface area (Å²) in [5.41, 5.74) is 5.46. The van der Waals surface area contributed by atoms with Gasteiger partial charge in [-0.3, -0.25) is 0 Å². The van der Waals surface area contributed by atoms with E-state index in [0.29, 0.717) is 18.6 Å². The van der Waals surface area contributed by atoms with Crippen molar-refractivity contribution >= 4 is 6.09 Å². The number of ether oxygens (including phenoxy) is 1. The van der Waals surface area contributed by atoms with E-state index < -0.39 is 5.60 Å². The van der Waals surface area contributed by atoms with E-state index in [-0.39, 0.29) is 6.09 Å². The van der Waals surface area contributed by atoms with Crippen molar-refractivity contribution < 1.29 is 9.53 Å². The lowest BCUT2D eigenvalue weighted by molar-refractivity contribution is 0.0250. The van der Waals surface area contributed by atoms with Crippen molar-refractivity contribution in [3.05, 3.63) is 0 Å². The van der Waals surface area contributed by atoms with Crippen molar-refractivity contribution in [1.29, 1.82) is 0 Å². The molecule has 3 N–H and O–H groups in total. The van der Waals surface area contributed by atoms with Crippen molar-refractivity contribution in [3.8, 4) is 0 Å². The van der Waals surface area contributed by atoms with Gasteiger partial charge in [0.05, 0.1) is 0 Å². The maximum atomic E-state index is 12.1. The monoisotopic (exact) mass is 285 g/mol. The van der Waals surface area contributed by atoms with Gasteiger partial charge in [0.2, 0.25) is 0 Å². The molecular formula is C15H31N3O2. The van der Waals surface area contributed by atoms with Gasteiger partial charge in [-0.1, -0.05) is 6.92 Å². The number of hydrogen-bond donors (Lipinski definition) is 2. The highest BCUT2D eigenvalue weighted by Gasteiger charge is 2.23. The summed E-state index contributed by atoms with van der Waals surface area (Å²) >= 11 is 0. The molecule has 2 atom stereocenters. The fourth-order valence-electron chi connectivity index (χ4n) is 2.50. The van der Waals surface area contributed by atoms with Crippen LogP contribution in [0.5, 0.6) is 0 Å². The number of carbonyl (C=O) groups excluding carboxylic acids is 1. The smallest absolute Gasteiger partial charge is 0.410 e. The van der Waals surface area contributed by atoms with Gasteiger partial charge in [0.25, 0.3) is 0 Å². The highest BCUT2D eigenvalue weighted by molar-refractivity contribution is 5.68. The summed E-state index contributed by atoms with van der Waals surface area (Å²) in [6, 6.07) is 0.845. The van der Waals surface area contributed by atoms with Gasteiger partial charge in [-0.15, -0.1) is 0 Å². The van der Waals surface area contributed by atoms with Gasteiger partial charge >= 0.3 is 6.09 Å². The van der Waals surface area contributed by atoms with Gasteiger partial charge < -0.3 is 20.7 Å². The van der Waals surface area contributed by atoms with E-state index in [9.17, 15) is 4.79 Å². The van der Waals surface area contributed by atoms with Crippen LogP contribution in [0.15, 0.2) is 0 Å². The zero-order valence-corrected chi connectivity index (χ0v) is 13.4. The number of hydrogen-bond acceptors (Lipinski definition) is 4. The Kier molecular flexibility index (Phi) is 6.76. The first kappa shape index (κ1) is 17.2. The van der Waals surface area contributed by atoms with Crippen molar-refractivity contribution in [2.75, 3.05) is 19.6 Å². The van der Waals surface area contributed by atoms with Crippen LogP contribution in [-0.2, 0) is 4.74 Å². The van der Waals surface area contributed by atoms with Crippen LogP contribution in [0.1, 0.15) is 53.4 Å². The van der Waals surface area contributed by atoms with Crippen molar-refractivity contribution in [1.82, 2.24) is 10.2 Å². The third-order valence-electron chi connectivity index (χ3n) is 3.43. The molecule has 2 unspecified atom stereocenters. The minimum atomic E-state index is -0.436. The molecule has 1 rings (SSSR count). The fourth-order valence-corrected chi connectivity index (χ4v) is 2.50. The summed E-state index contributed by atoms with van der Waals surface area (Å²) in [6.45, 7) is 9.99. The summed E-state index contributed by atoms with van der Waals surface area (Å²) in [4.78, 5) is 13.9. The van der Waals surface area contributed by atoms with E-state index >= 15 is 0 Å². The molecule has 5 heteroatoms. The molecular weight excluding hydrogens is 254 g/mol. The molecule has 0 bridgehead atoms. The minimum Gasteiger partial charge on any atom is -0.444 e. The number of nitrogens with one attached hydrogen (secondary N) is 1. The number of nitrogens with two attached hydrogens (primary N) is 1. The molecule has 1 saturated carbocycles. The zero-order valence-electron chi connectivity index (χ0n) is 13.4. The van der Waals surface area contributed by atoms with Crippen molar-refractivity contribution in [3.63, 3.8) is 0 Å². The summed E-state index contributed by atoms with van der Waals surface area (Å²) in [5.74, 6) is 0. The van der Waals surface area contributed by atoms with E-state index in [2.05, 4.69) is 12.2 Å².